The van der Waals surface area contributed by atoms with Gasteiger partial charge in [-0.15, -0.1) is 0 Å². The van der Waals surface area contributed by atoms with Gasteiger partial charge in [-0.1, -0.05) is 233 Å². The number of benzene rings is 2. The van der Waals surface area contributed by atoms with Crippen LogP contribution in [-0.2, 0) is 54.5 Å². The summed E-state index contributed by atoms with van der Waals surface area (Å²) in [6, 6.07) is 16.9. The Labute approximate surface area is 506 Å². The van der Waals surface area contributed by atoms with Gasteiger partial charge < -0.3 is 29.7 Å². The van der Waals surface area contributed by atoms with Gasteiger partial charge in [-0.3, -0.25) is 0 Å². The van der Waals surface area contributed by atoms with E-state index in [4.69, 9.17) is 34.1 Å². The van der Waals surface area contributed by atoms with E-state index in [9.17, 15) is 0 Å². The van der Waals surface area contributed by atoms with Crippen LogP contribution in [0.5, 0.6) is 0 Å². The molecule has 4 unspecified atom stereocenters. The third kappa shape index (κ3) is 24.4. The van der Waals surface area contributed by atoms with Crippen LogP contribution >= 0.6 is 97.8 Å². The van der Waals surface area contributed by atoms with Gasteiger partial charge in [0.25, 0.3) is 0 Å². The van der Waals surface area contributed by atoms with Gasteiger partial charge in [0.2, 0.25) is 0 Å². The third-order valence-corrected chi connectivity index (χ3v) is 20.6. The molecule has 8 aliphatic carbocycles. The van der Waals surface area contributed by atoms with Gasteiger partial charge in [0.1, 0.15) is 0 Å². The first-order chi connectivity index (χ1) is 31.4. The molecule has 0 saturated heterocycles. The number of allylic oxidation sites excluding steroid dienone is 2. The van der Waals surface area contributed by atoms with Crippen LogP contribution in [0.4, 0.5) is 0 Å². The molecule has 0 spiro atoms. The van der Waals surface area contributed by atoms with Crippen molar-refractivity contribution < 1.29 is 41.7 Å². The molecule has 0 bridgehead atoms. The number of fused-ring (bicyclic) bond motifs is 4. The van der Waals surface area contributed by atoms with E-state index in [-0.39, 0.29) is 29.7 Å². The first kappa shape index (κ1) is 74.8. The Morgan fingerprint density at radius 2 is 0.586 bits per heavy atom. The normalized spacial score (nSPS) is 33.8. The van der Waals surface area contributed by atoms with Crippen LogP contribution in [0.15, 0.2) is 57.5 Å². The molecule has 0 nitrogen and oxygen atoms in total. The Morgan fingerprint density at radius 1 is 0.386 bits per heavy atom. The maximum atomic E-state index is 4.93. The van der Waals surface area contributed by atoms with E-state index < -0.39 is 41.7 Å². The molecule has 0 aliphatic heterocycles. The predicted molar refractivity (Wildman–Crippen MR) is 330 cm³/mol. The standard InChI is InChI=1S/2C10H20.2C9H15Br.2C9H7Br.4CH3.4ClH.2Zr/c2*1-6-7(2)9(4)10(5)8(6)3;4*10-9-5-7-3-1-2-4-8(7)6-9;;;;;;;;;;/h2*6-10H,1-5H3;2*7-9H,1-6H2;2*1-5H,6H2;4*1H3;4*1H;;/q;;;;;;4*-1;;;;;2*+4/p-4. The molecule has 0 heterocycles. The summed E-state index contributed by atoms with van der Waals surface area (Å²) in [5.74, 6) is 13.7. The van der Waals surface area contributed by atoms with E-state index in [0.717, 1.165) is 105 Å². The van der Waals surface area contributed by atoms with Crippen LogP contribution in [0.2, 0.25) is 0 Å². The second-order valence-corrected chi connectivity index (χ2v) is 33.5. The van der Waals surface area contributed by atoms with Crippen molar-refractivity contribution in [2.45, 2.75) is 169 Å². The Balaban J connectivity index is 0. The molecule has 10 rings (SSSR count). The summed E-state index contributed by atoms with van der Waals surface area (Å²) in [6.07, 6.45) is 24.4. The van der Waals surface area contributed by atoms with Crippen molar-refractivity contribution >= 4 is 110 Å². The van der Waals surface area contributed by atoms with E-state index in [1.165, 1.54) is 108 Å². The van der Waals surface area contributed by atoms with Gasteiger partial charge in [0.05, 0.1) is 0 Å². The molecular weight excluding hydrogens is 1360 g/mol. The Hall–Kier alpha value is 2.77. The molecule has 10 heteroatoms. The summed E-state index contributed by atoms with van der Waals surface area (Å²) in [5, 5.41) is 0. The molecule has 0 radical (unpaired) electrons. The first-order valence-corrected chi connectivity index (χ1v) is 41.5. The molecule has 6 fully saturated rings. The summed E-state index contributed by atoms with van der Waals surface area (Å²) in [4.78, 5) is 1.72. The van der Waals surface area contributed by atoms with Gasteiger partial charge in [-0.2, -0.15) is 0 Å². The van der Waals surface area contributed by atoms with Crippen LogP contribution in [0.3, 0.4) is 0 Å². The zero-order valence-corrected chi connectivity index (χ0v) is 60.2. The molecule has 4 atom stereocenters. The molecule has 2 aromatic rings. The molecular formula is C60H96Br4Cl4Zr2. The monoisotopic (exact) mass is 1450 g/mol. The van der Waals surface area contributed by atoms with E-state index in [1.54, 1.807) is 0 Å². The molecule has 8 aliphatic rings. The summed E-state index contributed by atoms with van der Waals surface area (Å²) >= 11 is 12.8. The van der Waals surface area contributed by atoms with Gasteiger partial charge in [-0.05, 0) is 143 Å². The summed E-state index contributed by atoms with van der Waals surface area (Å²) in [7, 11) is 19.7. The van der Waals surface area contributed by atoms with E-state index in [2.05, 4.69) is 194 Å². The first-order valence-electron chi connectivity index (χ1n) is 25.5. The maximum absolute atomic E-state index is 4.93. The van der Waals surface area contributed by atoms with Gasteiger partial charge in [0, 0.05) is 31.5 Å². The molecule has 400 valence electrons. The van der Waals surface area contributed by atoms with E-state index in [0.29, 0.717) is 0 Å². The number of alkyl halides is 2. The Bertz CT molecular complexity index is 1490. The second kappa shape index (κ2) is 40.0. The van der Waals surface area contributed by atoms with Crippen molar-refractivity contribution in [2.75, 3.05) is 0 Å². The van der Waals surface area contributed by atoms with E-state index >= 15 is 0 Å². The molecule has 2 aromatic carbocycles. The Morgan fingerprint density at radius 3 is 0.786 bits per heavy atom. The third-order valence-electron chi connectivity index (χ3n) is 18.1. The van der Waals surface area contributed by atoms with Crippen molar-refractivity contribution in [3.63, 3.8) is 0 Å². The predicted octanol–water partition coefficient (Wildman–Crippen LogP) is 23.6. The fourth-order valence-electron chi connectivity index (χ4n) is 12.6. The molecule has 0 amide bonds. The van der Waals surface area contributed by atoms with Crippen molar-refractivity contribution in [1.29, 1.82) is 0 Å². The number of hydrogen-bond donors (Lipinski definition) is 0. The topological polar surface area (TPSA) is 0 Å². The molecule has 70 heavy (non-hydrogen) atoms. The van der Waals surface area contributed by atoms with Crippen molar-refractivity contribution in [1.82, 2.24) is 0 Å². The van der Waals surface area contributed by atoms with E-state index in [1.807, 2.05) is 0 Å². The molecule has 0 aromatic heterocycles. The number of hydrogen-bond acceptors (Lipinski definition) is 0. The zero-order chi connectivity index (χ0) is 49.1. The minimum atomic E-state index is -0.826. The van der Waals surface area contributed by atoms with Gasteiger partial charge in [0.15, 0.2) is 0 Å². The quantitative estimate of drug-likeness (QED) is 0.182. The fourth-order valence-corrected chi connectivity index (χ4v) is 15.6. The van der Waals surface area contributed by atoms with Crippen LogP contribution in [0.1, 0.15) is 169 Å². The average Bonchev–Trinajstić information content (AvgIpc) is 4.13. The fraction of sp³-hybridized carbons (Fsp3) is 0.667. The summed E-state index contributed by atoms with van der Waals surface area (Å²) in [5.41, 5.74) is 5.56. The minimum absolute atomic E-state index is 0. The average molecular weight is 1460 g/mol. The van der Waals surface area contributed by atoms with Crippen LogP contribution in [0, 0.1) is 113 Å². The summed E-state index contributed by atoms with van der Waals surface area (Å²) < 4.78 is 2.57. The number of rotatable bonds is 0. The van der Waals surface area contributed by atoms with Crippen LogP contribution < -0.4 is 0 Å². The second-order valence-electron chi connectivity index (χ2n) is 21.4. The van der Waals surface area contributed by atoms with Crippen LogP contribution in [-0.4, -0.2) is 9.65 Å². The number of halogens is 8. The van der Waals surface area contributed by atoms with Gasteiger partial charge >= 0.3 is 75.7 Å². The molecule has 6 saturated carbocycles. The Kier molecular flexibility index (Phi) is 42.8. The molecule has 0 N–H and O–H groups in total. The zero-order valence-electron chi connectivity index (χ0n) is 45.9. The van der Waals surface area contributed by atoms with Crippen molar-refractivity contribution in [3.8, 4) is 0 Å². The van der Waals surface area contributed by atoms with Gasteiger partial charge in [-0.25, -0.2) is 0 Å². The van der Waals surface area contributed by atoms with Crippen LogP contribution in [0.25, 0.3) is 12.2 Å². The van der Waals surface area contributed by atoms with Crippen molar-refractivity contribution in [3.05, 3.63) is 109 Å². The SMILES string of the molecule is BrC1=Cc2ccccc2C1.BrC1=Cc2ccccc2C1.BrC1CC2CCCCC2C1.BrC1CC2CCCCC2C1.CC1C(C)C(C)C(C)C1C.CC1C(C)C(C)C(C)C1C.[CH3-].[CH3-].[CH3-].[CH3-].[Cl][Zr+2][Cl].[Cl][Zr+2][Cl]. The summed E-state index contributed by atoms with van der Waals surface area (Å²) in [6.45, 7) is 24.0. The van der Waals surface area contributed by atoms with Crippen molar-refractivity contribution in [2.24, 2.45) is 82.9 Å².